The van der Waals surface area contributed by atoms with E-state index in [1.54, 1.807) is 24.3 Å². The van der Waals surface area contributed by atoms with E-state index in [4.69, 9.17) is 28.3 Å². The Kier molecular flexibility index (Phi) is 4.08. The maximum absolute atomic E-state index is 13.8. The number of carbonyl (C=O) groups is 1. The van der Waals surface area contributed by atoms with Crippen molar-refractivity contribution < 1.29 is 14.3 Å². The third kappa shape index (κ3) is 2.88. The zero-order valence-corrected chi connectivity index (χ0v) is 11.2. The van der Waals surface area contributed by atoms with Gasteiger partial charge in [0, 0.05) is 11.1 Å². The third-order valence-electron chi connectivity index (χ3n) is 2.69. The molecule has 98 valence electrons. The lowest BCUT2D eigenvalue weighted by atomic mass is 9.97. The van der Waals surface area contributed by atoms with Crippen LogP contribution in [0.15, 0.2) is 36.4 Å². The van der Waals surface area contributed by atoms with Gasteiger partial charge in [0.2, 0.25) is 0 Å². The fraction of sp³-hybridized carbons (Fsp3) is 0.0714. The van der Waals surface area contributed by atoms with Crippen LogP contribution in [0.4, 0.5) is 4.39 Å². The molecule has 0 aliphatic carbocycles. The van der Waals surface area contributed by atoms with Gasteiger partial charge in [-0.3, -0.25) is 4.79 Å². The molecule has 0 saturated heterocycles. The Labute approximate surface area is 119 Å². The predicted octanol–water partition coefficient (Wildman–Crippen LogP) is 4.43. The molecule has 0 aliphatic heterocycles. The van der Waals surface area contributed by atoms with Crippen LogP contribution in [0.3, 0.4) is 0 Å². The van der Waals surface area contributed by atoms with Crippen LogP contribution in [0.1, 0.15) is 5.56 Å². The molecule has 0 aromatic heterocycles. The van der Waals surface area contributed by atoms with E-state index in [1.807, 2.05) is 0 Å². The number of carboxylic acid groups (broad SMARTS) is 1. The summed E-state index contributed by atoms with van der Waals surface area (Å²) >= 11 is 12.0. The van der Waals surface area contributed by atoms with E-state index in [1.165, 1.54) is 12.1 Å². The lowest BCUT2D eigenvalue weighted by Crippen LogP contribution is -2.04. The fourth-order valence-electron chi connectivity index (χ4n) is 1.85. The number of benzene rings is 2. The smallest absolute Gasteiger partial charge is 0.307 e. The molecule has 0 amide bonds. The largest absolute Gasteiger partial charge is 0.481 e. The molecule has 0 saturated carbocycles. The minimum Gasteiger partial charge on any atom is -0.481 e. The Bertz CT molecular complexity index is 641. The highest BCUT2D eigenvalue weighted by atomic mass is 35.5. The molecule has 2 aromatic rings. The first-order valence-corrected chi connectivity index (χ1v) is 6.20. The number of aliphatic carboxylic acids is 1. The van der Waals surface area contributed by atoms with Gasteiger partial charge < -0.3 is 5.11 Å². The van der Waals surface area contributed by atoms with Gasteiger partial charge >= 0.3 is 5.97 Å². The fourth-order valence-corrected chi connectivity index (χ4v) is 2.26. The Hall–Kier alpha value is -1.58. The molecular formula is C14H9Cl2FO2. The molecule has 2 aromatic carbocycles. The van der Waals surface area contributed by atoms with Crippen LogP contribution in [0.25, 0.3) is 11.1 Å². The molecule has 0 radical (unpaired) electrons. The van der Waals surface area contributed by atoms with Crippen molar-refractivity contribution in [2.45, 2.75) is 6.42 Å². The first-order valence-electron chi connectivity index (χ1n) is 5.44. The Morgan fingerprint density at radius 2 is 1.74 bits per heavy atom. The lowest BCUT2D eigenvalue weighted by molar-refractivity contribution is -0.136. The lowest BCUT2D eigenvalue weighted by Gasteiger charge is -2.11. The standard InChI is InChI=1S/C14H9Cl2FO2/c15-11-5-1-4-9(14(11)16)8-3-2-6-12(17)10(8)7-13(18)19/h1-6H,7H2,(H,18,19). The Balaban J connectivity index is 2.65. The first kappa shape index (κ1) is 13.8. The van der Waals surface area contributed by atoms with Crippen molar-refractivity contribution >= 4 is 29.2 Å². The van der Waals surface area contributed by atoms with E-state index < -0.39 is 18.2 Å². The van der Waals surface area contributed by atoms with E-state index in [0.717, 1.165) is 0 Å². The molecule has 0 atom stereocenters. The van der Waals surface area contributed by atoms with Gasteiger partial charge in [-0.1, -0.05) is 47.5 Å². The monoisotopic (exact) mass is 298 g/mol. The number of hydrogen-bond acceptors (Lipinski definition) is 1. The SMILES string of the molecule is O=C(O)Cc1c(F)cccc1-c1cccc(Cl)c1Cl. The van der Waals surface area contributed by atoms with Crippen molar-refractivity contribution in [3.63, 3.8) is 0 Å². The third-order valence-corrected chi connectivity index (χ3v) is 3.51. The molecule has 0 spiro atoms. The molecule has 5 heteroatoms. The average molecular weight is 299 g/mol. The van der Waals surface area contributed by atoms with Gasteiger partial charge in [-0.2, -0.15) is 0 Å². The zero-order valence-electron chi connectivity index (χ0n) is 9.66. The first-order chi connectivity index (χ1) is 9.00. The van der Waals surface area contributed by atoms with Crippen molar-refractivity contribution in [2.75, 3.05) is 0 Å². The highest BCUT2D eigenvalue weighted by molar-refractivity contribution is 6.43. The predicted molar refractivity (Wildman–Crippen MR) is 73.2 cm³/mol. The number of hydrogen-bond donors (Lipinski definition) is 1. The maximum Gasteiger partial charge on any atom is 0.307 e. The van der Waals surface area contributed by atoms with Crippen molar-refractivity contribution in [1.29, 1.82) is 0 Å². The molecule has 19 heavy (non-hydrogen) atoms. The molecule has 0 heterocycles. The zero-order chi connectivity index (χ0) is 14.0. The number of halogens is 3. The van der Waals surface area contributed by atoms with E-state index in [2.05, 4.69) is 0 Å². The summed E-state index contributed by atoms with van der Waals surface area (Å²) < 4.78 is 13.8. The molecule has 0 aliphatic rings. The highest BCUT2D eigenvalue weighted by Crippen LogP contribution is 2.36. The molecule has 0 fully saturated rings. The van der Waals surface area contributed by atoms with Gasteiger partial charge in [-0.05, 0) is 17.7 Å². The quantitative estimate of drug-likeness (QED) is 0.910. The van der Waals surface area contributed by atoms with Gasteiger partial charge in [0.05, 0.1) is 16.5 Å². The normalized spacial score (nSPS) is 10.5. The van der Waals surface area contributed by atoms with E-state index in [9.17, 15) is 9.18 Å². The summed E-state index contributed by atoms with van der Waals surface area (Å²) in [7, 11) is 0. The minimum absolute atomic E-state index is 0.0965. The van der Waals surface area contributed by atoms with Crippen LogP contribution in [0.2, 0.25) is 10.0 Å². The molecular weight excluding hydrogens is 290 g/mol. The summed E-state index contributed by atoms with van der Waals surface area (Å²) in [6.07, 6.45) is -0.412. The molecule has 0 bridgehead atoms. The average Bonchev–Trinajstić information content (AvgIpc) is 2.35. The second kappa shape index (κ2) is 5.59. The van der Waals surface area contributed by atoms with Crippen molar-refractivity contribution in [3.05, 3.63) is 57.8 Å². The summed E-state index contributed by atoms with van der Waals surface area (Å²) in [6, 6.07) is 9.32. The Morgan fingerprint density at radius 3 is 2.42 bits per heavy atom. The van der Waals surface area contributed by atoms with Crippen molar-refractivity contribution in [2.24, 2.45) is 0 Å². The van der Waals surface area contributed by atoms with Crippen molar-refractivity contribution in [3.8, 4) is 11.1 Å². The summed E-state index contributed by atoms with van der Waals surface area (Å²) in [6.45, 7) is 0. The van der Waals surface area contributed by atoms with Crippen LogP contribution in [-0.4, -0.2) is 11.1 Å². The summed E-state index contributed by atoms with van der Waals surface area (Å²) in [5, 5.41) is 9.48. The minimum atomic E-state index is -1.11. The maximum atomic E-state index is 13.8. The van der Waals surface area contributed by atoms with Gasteiger partial charge in [-0.25, -0.2) is 4.39 Å². The number of rotatable bonds is 3. The van der Waals surface area contributed by atoms with Gasteiger partial charge in [-0.15, -0.1) is 0 Å². The Morgan fingerprint density at radius 1 is 1.11 bits per heavy atom. The van der Waals surface area contributed by atoms with Gasteiger partial charge in [0.1, 0.15) is 5.82 Å². The molecule has 1 N–H and O–H groups in total. The number of carboxylic acids is 1. The van der Waals surface area contributed by atoms with Crippen LogP contribution in [-0.2, 0) is 11.2 Å². The molecule has 2 nitrogen and oxygen atoms in total. The van der Waals surface area contributed by atoms with E-state index in [0.29, 0.717) is 16.1 Å². The summed E-state index contributed by atoms with van der Waals surface area (Å²) in [5.74, 6) is -1.68. The van der Waals surface area contributed by atoms with Gasteiger partial charge in [0.15, 0.2) is 0 Å². The molecule has 0 unspecified atom stereocenters. The van der Waals surface area contributed by atoms with E-state index in [-0.39, 0.29) is 10.6 Å². The molecule has 2 rings (SSSR count). The summed E-state index contributed by atoms with van der Waals surface area (Å²) in [4.78, 5) is 10.8. The second-order valence-corrected chi connectivity index (χ2v) is 4.72. The topological polar surface area (TPSA) is 37.3 Å². The van der Waals surface area contributed by atoms with Crippen LogP contribution in [0.5, 0.6) is 0 Å². The second-order valence-electron chi connectivity index (χ2n) is 3.94. The van der Waals surface area contributed by atoms with Crippen molar-refractivity contribution in [1.82, 2.24) is 0 Å². The van der Waals surface area contributed by atoms with Crippen LogP contribution < -0.4 is 0 Å². The summed E-state index contributed by atoms with van der Waals surface area (Å²) in [5.41, 5.74) is 1.05. The highest BCUT2D eigenvalue weighted by Gasteiger charge is 2.16. The van der Waals surface area contributed by atoms with Crippen LogP contribution in [0, 0.1) is 5.82 Å². The van der Waals surface area contributed by atoms with Crippen LogP contribution >= 0.6 is 23.2 Å². The van der Waals surface area contributed by atoms with Gasteiger partial charge in [0.25, 0.3) is 0 Å². The van der Waals surface area contributed by atoms with E-state index >= 15 is 0 Å².